The first-order valence-corrected chi connectivity index (χ1v) is 4.76. The summed E-state index contributed by atoms with van der Waals surface area (Å²) in [6.45, 7) is -0.692. The molecule has 0 aliphatic rings. The minimum absolute atomic E-state index is 0.362. The highest BCUT2D eigenvalue weighted by atomic mass is 35.5. The van der Waals surface area contributed by atoms with Crippen molar-refractivity contribution in [2.24, 2.45) is 5.73 Å². The molecule has 1 rings (SSSR count). The van der Waals surface area contributed by atoms with E-state index >= 15 is 0 Å². The van der Waals surface area contributed by atoms with Gasteiger partial charge in [-0.15, -0.1) is 0 Å². The molecule has 15 heavy (non-hydrogen) atoms. The Morgan fingerprint density at radius 1 is 1.47 bits per heavy atom. The predicted molar refractivity (Wildman–Crippen MR) is 55.7 cm³/mol. The third-order valence-corrected chi connectivity index (χ3v) is 2.23. The molecule has 0 spiro atoms. The molecule has 5 heteroatoms. The Hall–Kier alpha value is -0.870. The molecule has 0 radical (unpaired) electrons. The third kappa shape index (κ3) is 3.32. The van der Waals surface area contributed by atoms with Crippen LogP contribution in [0.25, 0.3) is 0 Å². The molecule has 0 amide bonds. The quantitative estimate of drug-likeness (QED) is 0.870. The molecular formula is C10H12ClF2NO. The normalized spacial score (nSPS) is 11.5. The SMILES string of the molecule is COc1ccc(Cl)cc1CC(F)(F)CN. The van der Waals surface area contributed by atoms with Crippen LogP contribution >= 0.6 is 11.6 Å². The molecule has 0 fully saturated rings. The van der Waals surface area contributed by atoms with Crippen molar-refractivity contribution in [2.75, 3.05) is 13.7 Å². The van der Waals surface area contributed by atoms with Gasteiger partial charge in [0.05, 0.1) is 13.7 Å². The number of rotatable bonds is 4. The summed E-state index contributed by atoms with van der Waals surface area (Å²) in [5.74, 6) is -2.54. The molecule has 1 aromatic carbocycles. The summed E-state index contributed by atoms with van der Waals surface area (Å²) in [4.78, 5) is 0. The maximum atomic E-state index is 13.1. The van der Waals surface area contributed by atoms with E-state index < -0.39 is 18.9 Å². The van der Waals surface area contributed by atoms with Crippen LogP contribution in [0.1, 0.15) is 5.56 Å². The Bertz CT molecular complexity index is 344. The maximum absolute atomic E-state index is 13.1. The van der Waals surface area contributed by atoms with Gasteiger partial charge < -0.3 is 10.5 Å². The Morgan fingerprint density at radius 3 is 2.67 bits per heavy atom. The van der Waals surface area contributed by atoms with E-state index in [0.717, 1.165) is 0 Å². The van der Waals surface area contributed by atoms with E-state index in [4.69, 9.17) is 22.1 Å². The number of alkyl halides is 2. The molecule has 0 bridgehead atoms. The van der Waals surface area contributed by atoms with Gasteiger partial charge in [-0.2, -0.15) is 0 Å². The number of benzene rings is 1. The first-order valence-electron chi connectivity index (χ1n) is 4.39. The molecule has 0 heterocycles. The molecule has 84 valence electrons. The third-order valence-electron chi connectivity index (χ3n) is 1.99. The number of nitrogens with two attached hydrogens (primary N) is 1. The fraction of sp³-hybridized carbons (Fsp3) is 0.400. The van der Waals surface area contributed by atoms with Gasteiger partial charge in [0.1, 0.15) is 5.75 Å². The van der Waals surface area contributed by atoms with Gasteiger partial charge in [-0.05, 0) is 18.2 Å². The van der Waals surface area contributed by atoms with Crippen molar-refractivity contribution in [3.8, 4) is 5.75 Å². The van der Waals surface area contributed by atoms with E-state index in [1.165, 1.54) is 13.2 Å². The average Bonchev–Trinajstić information content (AvgIpc) is 2.18. The van der Waals surface area contributed by atoms with Crippen molar-refractivity contribution >= 4 is 11.6 Å². The van der Waals surface area contributed by atoms with Crippen LogP contribution in [0.4, 0.5) is 8.78 Å². The molecule has 0 aliphatic carbocycles. The van der Waals surface area contributed by atoms with E-state index in [0.29, 0.717) is 16.3 Å². The Balaban J connectivity index is 2.97. The monoisotopic (exact) mass is 235 g/mol. The minimum Gasteiger partial charge on any atom is -0.496 e. The smallest absolute Gasteiger partial charge is 0.264 e. The van der Waals surface area contributed by atoms with Crippen LogP contribution in [0, 0.1) is 0 Å². The zero-order chi connectivity index (χ0) is 11.5. The molecule has 0 unspecified atom stereocenters. The fourth-order valence-electron chi connectivity index (χ4n) is 1.24. The highest BCUT2D eigenvalue weighted by Gasteiger charge is 2.28. The van der Waals surface area contributed by atoms with E-state index in [1.807, 2.05) is 0 Å². The number of halogens is 3. The van der Waals surface area contributed by atoms with E-state index in [2.05, 4.69) is 0 Å². The van der Waals surface area contributed by atoms with Crippen LogP contribution < -0.4 is 10.5 Å². The van der Waals surface area contributed by atoms with Crippen LogP contribution in [0.15, 0.2) is 18.2 Å². The topological polar surface area (TPSA) is 35.2 Å². The van der Waals surface area contributed by atoms with Crippen molar-refractivity contribution in [1.29, 1.82) is 0 Å². The summed E-state index contributed by atoms with van der Waals surface area (Å²) >= 11 is 5.71. The Kier molecular flexibility index (Phi) is 3.88. The average molecular weight is 236 g/mol. The zero-order valence-electron chi connectivity index (χ0n) is 8.27. The van der Waals surface area contributed by atoms with Crippen molar-refractivity contribution in [3.05, 3.63) is 28.8 Å². The van der Waals surface area contributed by atoms with Crippen LogP contribution in [0.5, 0.6) is 5.75 Å². The van der Waals surface area contributed by atoms with Gasteiger partial charge in [0.2, 0.25) is 0 Å². The van der Waals surface area contributed by atoms with Gasteiger partial charge in [0, 0.05) is 17.0 Å². The second kappa shape index (κ2) is 4.77. The van der Waals surface area contributed by atoms with Gasteiger partial charge in [-0.25, -0.2) is 8.78 Å². The highest BCUT2D eigenvalue weighted by molar-refractivity contribution is 6.30. The number of hydrogen-bond acceptors (Lipinski definition) is 2. The van der Waals surface area contributed by atoms with Gasteiger partial charge in [-0.1, -0.05) is 11.6 Å². The van der Waals surface area contributed by atoms with Crippen LogP contribution in [0.3, 0.4) is 0 Å². The van der Waals surface area contributed by atoms with Gasteiger partial charge in [-0.3, -0.25) is 0 Å². The molecular weight excluding hydrogens is 224 g/mol. The minimum atomic E-state index is -2.93. The first-order chi connectivity index (χ1) is 6.98. The molecule has 0 aliphatic heterocycles. The number of methoxy groups -OCH3 is 1. The Labute approximate surface area is 92.0 Å². The second-order valence-electron chi connectivity index (χ2n) is 3.19. The summed E-state index contributed by atoms with van der Waals surface area (Å²) in [7, 11) is 1.42. The molecule has 2 nitrogen and oxygen atoms in total. The Morgan fingerprint density at radius 2 is 2.13 bits per heavy atom. The zero-order valence-corrected chi connectivity index (χ0v) is 9.02. The summed E-state index contributed by atoms with van der Waals surface area (Å²) in [6.07, 6.45) is -0.465. The molecule has 2 N–H and O–H groups in total. The molecule has 0 saturated heterocycles. The second-order valence-corrected chi connectivity index (χ2v) is 3.63. The molecule has 0 atom stereocenters. The van der Waals surface area contributed by atoms with Crippen LogP contribution in [-0.2, 0) is 6.42 Å². The standard InChI is InChI=1S/C10H12ClF2NO/c1-15-9-3-2-8(11)4-7(9)5-10(12,13)6-14/h2-4H,5-6,14H2,1H3. The predicted octanol–water partition coefficient (Wildman–Crippen LogP) is 2.49. The highest BCUT2D eigenvalue weighted by Crippen LogP contribution is 2.28. The first kappa shape index (κ1) is 12.2. The van der Waals surface area contributed by atoms with E-state index in [9.17, 15) is 8.78 Å². The van der Waals surface area contributed by atoms with Gasteiger partial charge in [0.25, 0.3) is 5.92 Å². The largest absolute Gasteiger partial charge is 0.496 e. The lowest BCUT2D eigenvalue weighted by molar-refractivity contribution is 0.0110. The maximum Gasteiger partial charge on any atom is 0.264 e. The number of hydrogen-bond donors (Lipinski definition) is 1. The van der Waals surface area contributed by atoms with Crippen molar-refractivity contribution in [1.82, 2.24) is 0 Å². The summed E-state index contributed by atoms with van der Waals surface area (Å²) in [5.41, 5.74) is 5.32. The molecule has 1 aromatic rings. The van der Waals surface area contributed by atoms with Gasteiger partial charge in [0.15, 0.2) is 0 Å². The van der Waals surface area contributed by atoms with Crippen molar-refractivity contribution < 1.29 is 13.5 Å². The lowest BCUT2D eigenvalue weighted by Gasteiger charge is -2.16. The fourth-order valence-corrected chi connectivity index (χ4v) is 1.43. The van der Waals surface area contributed by atoms with Crippen LogP contribution in [-0.4, -0.2) is 19.6 Å². The molecule has 0 saturated carbocycles. The lowest BCUT2D eigenvalue weighted by Crippen LogP contribution is -2.30. The summed E-state index contributed by atoms with van der Waals surface area (Å²) < 4.78 is 31.1. The summed E-state index contributed by atoms with van der Waals surface area (Å²) in [5, 5.41) is 0.402. The van der Waals surface area contributed by atoms with E-state index in [1.54, 1.807) is 12.1 Å². The number of ether oxygens (including phenoxy) is 1. The molecule has 0 aromatic heterocycles. The lowest BCUT2D eigenvalue weighted by atomic mass is 10.1. The van der Waals surface area contributed by atoms with E-state index in [-0.39, 0.29) is 0 Å². The van der Waals surface area contributed by atoms with Crippen molar-refractivity contribution in [2.45, 2.75) is 12.3 Å². The summed E-state index contributed by atoms with van der Waals surface area (Å²) in [6, 6.07) is 4.61. The van der Waals surface area contributed by atoms with Gasteiger partial charge >= 0.3 is 0 Å². The van der Waals surface area contributed by atoms with Crippen LogP contribution in [0.2, 0.25) is 5.02 Å². The van der Waals surface area contributed by atoms with Crippen molar-refractivity contribution in [3.63, 3.8) is 0 Å².